The maximum absolute atomic E-state index is 13.3. The maximum atomic E-state index is 13.3. The van der Waals surface area contributed by atoms with Gasteiger partial charge in [0, 0.05) is 23.0 Å². The molecule has 0 spiro atoms. The lowest BCUT2D eigenvalue weighted by molar-refractivity contribution is -0.137. The molecule has 5 atom stereocenters. The van der Waals surface area contributed by atoms with E-state index in [-0.39, 0.29) is 0 Å². The second-order valence-electron chi connectivity index (χ2n) is 9.55. The van der Waals surface area contributed by atoms with Crippen LogP contribution in [-0.4, -0.2) is 29.0 Å². The van der Waals surface area contributed by atoms with E-state index < -0.39 is 11.7 Å². The highest BCUT2D eigenvalue weighted by atomic mass is 19.4. The van der Waals surface area contributed by atoms with Gasteiger partial charge >= 0.3 is 6.18 Å². The van der Waals surface area contributed by atoms with E-state index in [1.807, 2.05) is 0 Å². The van der Waals surface area contributed by atoms with E-state index in [2.05, 4.69) is 24.8 Å². The summed E-state index contributed by atoms with van der Waals surface area (Å²) in [6.07, 6.45) is 2.81. The van der Waals surface area contributed by atoms with Gasteiger partial charge < -0.3 is 4.90 Å². The number of likely N-dealkylation sites (tertiary alicyclic amines) is 1. The minimum Gasteiger partial charge on any atom is -0.300 e. The molecular formula is C25H31F3N2. The molecule has 1 saturated carbocycles. The van der Waals surface area contributed by atoms with E-state index >= 15 is 0 Å². The van der Waals surface area contributed by atoms with Crippen molar-refractivity contribution in [1.82, 2.24) is 9.88 Å². The van der Waals surface area contributed by atoms with Gasteiger partial charge in [-0.05, 0) is 86.7 Å². The average molecular weight is 417 g/mol. The zero-order valence-electron chi connectivity index (χ0n) is 17.9. The molecule has 1 saturated heterocycles. The predicted molar refractivity (Wildman–Crippen MR) is 114 cm³/mol. The Morgan fingerprint density at radius 1 is 1.10 bits per heavy atom. The molecule has 0 N–H and O–H groups in total. The summed E-state index contributed by atoms with van der Waals surface area (Å²) in [5.41, 5.74) is 2.32. The van der Waals surface area contributed by atoms with Gasteiger partial charge in [0.1, 0.15) is 0 Å². The first-order chi connectivity index (χ1) is 14.4. The molecule has 5 rings (SSSR count). The first-order valence-corrected chi connectivity index (χ1v) is 11.7. The van der Waals surface area contributed by atoms with Crippen LogP contribution in [0.1, 0.15) is 81.0 Å². The van der Waals surface area contributed by atoms with Crippen LogP contribution in [-0.2, 0) is 6.18 Å². The highest BCUT2D eigenvalue weighted by molar-refractivity contribution is 5.81. The topological polar surface area (TPSA) is 16.1 Å². The van der Waals surface area contributed by atoms with Crippen molar-refractivity contribution in [1.29, 1.82) is 0 Å². The Morgan fingerprint density at radius 3 is 2.67 bits per heavy atom. The van der Waals surface area contributed by atoms with Crippen LogP contribution in [0.15, 0.2) is 24.3 Å². The standard InChI is InChI=1S/C25H31F3N2/c1-3-11-30-12-10-19-20-13-15-8-9-16(25(26,27)28)14-21(15)29-24(20)17(4-2)18-6-5-7-22(30)23(18)19/h8-9,13-14,17-19,22-23H,3-7,10-12H2,1-2H3/t17-,18-,19+,22-,23+/m0/s1. The van der Waals surface area contributed by atoms with Crippen LogP contribution in [0.25, 0.3) is 10.9 Å². The molecule has 0 amide bonds. The van der Waals surface area contributed by atoms with Crippen molar-refractivity contribution in [2.24, 2.45) is 11.8 Å². The van der Waals surface area contributed by atoms with E-state index in [4.69, 9.17) is 4.98 Å². The number of hydrogen-bond acceptors (Lipinski definition) is 2. The lowest BCUT2D eigenvalue weighted by atomic mass is 9.55. The Bertz CT molecular complexity index is 938. The van der Waals surface area contributed by atoms with E-state index in [1.165, 1.54) is 49.9 Å². The Kier molecular flexibility index (Phi) is 5.08. The molecule has 2 fully saturated rings. The van der Waals surface area contributed by atoms with Crippen LogP contribution in [0.4, 0.5) is 13.2 Å². The molecule has 1 aliphatic heterocycles. The van der Waals surface area contributed by atoms with Crippen LogP contribution in [0.3, 0.4) is 0 Å². The van der Waals surface area contributed by atoms with Gasteiger partial charge in [0.2, 0.25) is 0 Å². The summed E-state index contributed by atoms with van der Waals surface area (Å²) in [5, 5.41) is 0.846. The number of aromatic nitrogens is 1. The van der Waals surface area contributed by atoms with Gasteiger partial charge in [-0.15, -0.1) is 0 Å². The molecule has 2 heterocycles. The first-order valence-electron chi connectivity index (χ1n) is 11.7. The van der Waals surface area contributed by atoms with Gasteiger partial charge in [-0.2, -0.15) is 13.2 Å². The maximum Gasteiger partial charge on any atom is 0.416 e. The molecule has 162 valence electrons. The number of hydrogen-bond donors (Lipinski definition) is 0. The average Bonchev–Trinajstić information content (AvgIpc) is 2.73. The number of rotatable bonds is 3. The van der Waals surface area contributed by atoms with E-state index in [0.29, 0.717) is 35.2 Å². The summed E-state index contributed by atoms with van der Waals surface area (Å²) in [5.74, 6) is 2.15. The molecule has 1 aromatic carbocycles. The molecule has 1 aromatic heterocycles. The van der Waals surface area contributed by atoms with E-state index in [1.54, 1.807) is 6.07 Å². The number of alkyl halides is 3. The number of nitrogens with zero attached hydrogens (tertiary/aromatic N) is 2. The molecular weight excluding hydrogens is 385 g/mol. The minimum atomic E-state index is -4.33. The summed E-state index contributed by atoms with van der Waals surface area (Å²) in [7, 11) is 0. The van der Waals surface area contributed by atoms with Crippen molar-refractivity contribution in [3.8, 4) is 0 Å². The second kappa shape index (κ2) is 7.51. The van der Waals surface area contributed by atoms with Crippen LogP contribution >= 0.6 is 0 Å². The number of pyridine rings is 1. The fraction of sp³-hybridized carbons (Fsp3) is 0.640. The molecule has 2 aliphatic carbocycles. The SMILES string of the molecule is CCCN1CC[C@@H]2c3cc4ccc(C(F)(F)F)cc4nc3[C@@H](CC)[C@@H]3CCC[C@H]1[C@H]32. The monoisotopic (exact) mass is 416 g/mol. The highest BCUT2D eigenvalue weighted by Gasteiger charge is 2.51. The van der Waals surface area contributed by atoms with Gasteiger partial charge in [0.15, 0.2) is 0 Å². The van der Waals surface area contributed by atoms with Gasteiger partial charge in [0.25, 0.3) is 0 Å². The lowest BCUT2D eigenvalue weighted by Crippen LogP contribution is -2.55. The number of fused-ring (bicyclic) bond motifs is 3. The van der Waals surface area contributed by atoms with E-state index in [9.17, 15) is 13.2 Å². The van der Waals surface area contributed by atoms with Crippen LogP contribution in [0.5, 0.6) is 0 Å². The molecule has 0 unspecified atom stereocenters. The molecule has 0 bridgehead atoms. The van der Waals surface area contributed by atoms with Gasteiger partial charge in [-0.25, -0.2) is 0 Å². The van der Waals surface area contributed by atoms with Crippen molar-refractivity contribution in [3.63, 3.8) is 0 Å². The summed E-state index contributed by atoms with van der Waals surface area (Å²) in [6.45, 7) is 6.81. The van der Waals surface area contributed by atoms with Gasteiger partial charge in [-0.3, -0.25) is 4.98 Å². The van der Waals surface area contributed by atoms with Crippen molar-refractivity contribution in [2.75, 3.05) is 13.1 Å². The molecule has 0 radical (unpaired) electrons. The summed E-state index contributed by atoms with van der Waals surface area (Å²) < 4.78 is 39.8. The third-order valence-corrected chi connectivity index (χ3v) is 8.06. The zero-order chi connectivity index (χ0) is 21.0. The number of halogens is 3. The lowest BCUT2D eigenvalue weighted by Gasteiger charge is -2.56. The highest BCUT2D eigenvalue weighted by Crippen LogP contribution is 2.57. The van der Waals surface area contributed by atoms with Crippen molar-refractivity contribution in [2.45, 2.75) is 76.4 Å². The summed E-state index contributed by atoms with van der Waals surface area (Å²) in [4.78, 5) is 7.65. The van der Waals surface area contributed by atoms with Crippen molar-refractivity contribution in [3.05, 3.63) is 41.1 Å². The molecule has 3 aliphatic rings. The first kappa shape index (κ1) is 20.3. The largest absolute Gasteiger partial charge is 0.416 e. The normalized spacial score (nSPS) is 31.4. The predicted octanol–water partition coefficient (Wildman–Crippen LogP) is 6.75. The number of piperidine rings is 1. The Hall–Kier alpha value is -1.62. The quantitative estimate of drug-likeness (QED) is 0.550. The summed E-state index contributed by atoms with van der Waals surface area (Å²) in [6, 6.07) is 6.90. The molecule has 5 heteroatoms. The molecule has 2 nitrogen and oxygen atoms in total. The third kappa shape index (κ3) is 3.16. The second-order valence-corrected chi connectivity index (χ2v) is 9.55. The van der Waals surface area contributed by atoms with Crippen LogP contribution < -0.4 is 0 Å². The Morgan fingerprint density at radius 2 is 1.93 bits per heavy atom. The van der Waals surface area contributed by atoms with Crippen LogP contribution in [0.2, 0.25) is 0 Å². The van der Waals surface area contributed by atoms with Crippen LogP contribution in [0, 0.1) is 11.8 Å². The smallest absolute Gasteiger partial charge is 0.300 e. The minimum absolute atomic E-state index is 0.365. The fourth-order valence-electron chi connectivity index (χ4n) is 6.95. The Balaban J connectivity index is 1.63. The molecule has 30 heavy (non-hydrogen) atoms. The van der Waals surface area contributed by atoms with Crippen molar-refractivity contribution >= 4 is 10.9 Å². The van der Waals surface area contributed by atoms with E-state index in [0.717, 1.165) is 30.5 Å². The molecule has 2 aromatic rings. The van der Waals surface area contributed by atoms with Gasteiger partial charge in [-0.1, -0.05) is 26.3 Å². The summed E-state index contributed by atoms with van der Waals surface area (Å²) >= 11 is 0. The third-order valence-electron chi connectivity index (χ3n) is 8.06. The Labute approximate surface area is 176 Å². The van der Waals surface area contributed by atoms with Crippen molar-refractivity contribution < 1.29 is 13.2 Å². The zero-order valence-corrected chi connectivity index (χ0v) is 17.9. The number of benzene rings is 1. The fourth-order valence-corrected chi connectivity index (χ4v) is 6.95. The van der Waals surface area contributed by atoms with Gasteiger partial charge in [0.05, 0.1) is 11.1 Å².